The maximum atomic E-state index is 11.1. The summed E-state index contributed by atoms with van der Waals surface area (Å²) in [4.78, 5) is 36.3. The average molecular weight is 266 g/mol. The number of hydroxylamine groups is 2. The van der Waals surface area contributed by atoms with Gasteiger partial charge in [-0.1, -0.05) is 15.9 Å². The molecule has 1 unspecified atom stereocenters. The second kappa shape index (κ2) is 6.53. The molecule has 0 rings (SSSR count). The molecule has 0 aromatic heterocycles. The Hall–Kier alpha value is -0.910. The maximum absolute atomic E-state index is 11.1. The number of carbonyl (C=O) groups is 3. The van der Waals surface area contributed by atoms with Crippen LogP contribution < -0.4 is 0 Å². The third-order valence-electron chi connectivity index (χ3n) is 1.38. The highest BCUT2D eigenvalue weighted by Gasteiger charge is 2.17. The van der Waals surface area contributed by atoms with Gasteiger partial charge in [-0.15, -0.1) is 0 Å². The third kappa shape index (κ3) is 4.96. The van der Waals surface area contributed by atoms with E-state index < -0.39 is 16.7 Å². The number of hydrogen-bond acceptors (Lipinski definition) is 4. The van der Waals surface area contributed by atoms with E-state index in [-0.39, 0.29) is 12.8 Å². The van der Waals surface area contributed by atoms with Crippen molar-refractivity contribution in [2.45, 2.75) is 24.6 Å². The second-order valence-electron chi connectivity index (χ2n) is 2.62. The fourth-order valence-electron chi connectivity index (χ4n) is 0.598. The lowest BCUT2D eigenvalue weighted by Crippen LogP contribution is -2.32. The van der Waals surface area contributed by atoms with Crippen LogP contribution in [0.15, 0.2) is 0 Å². The summed E-state index contributed by atoms with van der Waals surface area (Å²) in [5.41, 5.74) is 0. The third-order valence-corrected chi connectivity index (χ3v) is 1.75. The molecule has 0 saturated heterocycles. The van der Waals surface area contributed by atoms with Gasteiger partial charge in [0, 0.05) is 19.9 Å². The zero-order chi connectivity index (χ0) is 11.1. The van der Waals surface area contributed by atoms with Crippen molar-refractivity contribution in [2.24, 2.45) is 0 Å². The predicted octanol–water partition coefficient (Wildman–Crippen LogP) is 0.665. The molecule has 6 heteroatoms. The van der Waals surface area contributed by atoms with Crippen molar-refractivity contribution < 1.29 is 19.2 Å². The van der Waals surface area contributed by atoms with E-state index in [0.717, 1.165) is 5.06 Å². The fraction of sp³-hybridized carbons (Fsp3) is 0.625. The van der Waals surface area contributed by atoms with Crippen LogP contribution in [0.5, 0.6) is 0 Å². The molecule has 0 aliphatic carbocycles. The van der Waals surface area contributed by atoms with Gasteiger partial charge in [-0.25, -0.2) is 4.79 Å². The summed E-state index contributed by atoms with van der Waals surface area (Å²) in [6, 6.07) is 0. The summed E-state index contributed by atoms with van der Waals surface area (Å²) < 4.78 is 0. The van der Waals surface area contributed by atoms with Crippen LogP contribution in [0.1, 0.15) is 19.8 Å². The van der Waals surface area contributed by atoms with E-state index in [1.165, 1.54) is 7.05 Å². The number of amides is 1. The zero-order valence-corrected chi connectivity index (χ0v) is 9.61. The number of aldehydes is 1. The smallest absolute Gasteiger partial charge is 0.337 e. The normalized spacial score (nSPS) is 11.6. The number of hydrogen-bond donors (Lipinski definition) is 0. The quantitative estimate of drug-likeness (QED) is 0.426. The largest absolute Gasteiger partial charge is 0.345 e. The van der Waals surface area contributed by atoms with E-state index in [0.29, 0.717) is 6.29 Å². The molecular formula is C8H12BrNO4. The van der Waals surface area contributed by atoms with Crippen molar-refractivity contribution in [2.75, 3.05) is 7.05 Å². The molecule has 0 saturated carbocycles. The second-order valence-corrected chi connectivity index (χ2v) is 4.00. The molecule has 0 aromatic carbocycles. The number of nitrogens with zero attached hydrogens (tertiary/aromatic N) is 1. The zero-order valence-electron chi connectivity index (χ0n) is 8.03. The van der Waals surface area contributed by atoms with Crippen LogP contribution in [-0.4, -0.2) is 35.1 Å². The van der Waals surface area contributed by atoms with Crippen molar-refractivity contribution in [3.05, 3.63) is 0 Å². The van der Waals surface area contributed by atoms with Gasteiger partial charge in [-0.2, -0.15) is 5.06 Å². The van der Waals surface area contributed by atoms with Crippen molar-refractivity contribution in [1.29, 1.82) is 0 Å². The first-order valence-corrected chi connectivity index (χ1v) is 4.96. The molecule has 0 heterocycles. The topological polar surface area (TPSA) is 63.7 Å². The Kier molecular flexibility index (Phi) is 6.11. The molecule has 0 N–H and O–H groups in total. The molecular weight excluding hydrogens is 254 g/mol. The van der Waals surface area contributed by atoms with Crippen LogP contribution >= 0.6 is 15.9 Å². The van der Waals surface area contributed by atoms with Crippen LogP contribution in [0.25, 0.3) is 0 Å². The molecule has 0 aliphatic rings. The minimum absolute atomic E-state index is 0.0456. The Bertz CT molecular complexity index is 229. The van der Waals surface area contributed by atoms with E-state index in [4.69, 9.17) is 0 Å². The van der Waals surface area contributed by atoms with Crippen LogP contribution in [0.4, 0.5) is 0 Å². The standard InChI is InChI=1S/C8H12BrNO4/c1-6(9)8(13)14-10(2)7(12)4-3-5-11/h5-6H,3-4H2,1-2H3. The fourth-order valence-corrected chi connectivity index (χ4v) is 0.682. The van der Waals surface area contributed by atoms with Gasteiger partial charge in [-0.05, 0) is 6.92 Å². The lowest BCUT2D eigenvalue weighted by Gasteiger charge is -2.16. The molecule has 14 heavy (non-hydrogen) atoms. The Balaban J connectivity index is 3.94. The first kappa shape index (κ1) is 13.1. The van der Waals surface area contributed by atoms with E-state index in [9.17, 15) is 14.4 Å². The van der Waals surface area contributed by atoms with E-state index in [1.54, 1.807) is 6.92 Å². The van der Waals surface area contributed by atoms with Crippen molar-refractivity contribution >= 4 is 34.1 Å². The van der Waals surface area contributed by atoms with Gasteiger partial charge < -0.3 is 9.63 Å². The number of alkyl halides is 1. The molecule has 0 fully saturated rings. The van der Waals surface area contributed by atoms with Crippen LogP contribution in [0, 0.1) is 0 Å². The van der Waals surface area contributed by atoms with Crippen LogP contribution in [0.3, 0.4) is 0 Å². The minimum atomic E-state index is -0.549. The Morgan fingerprint density at radius 1 is 1.57 bits per heavy atom. The first-order valence-electron chi connectivity index (χ1n) is 4.05. The molecule has 5 nitrogen and oxygen atoms in total. The number of halogens is 1. The summed E-state index contributed by atoms with van der Waals surface area (Å²) in [7, 11) is 1.33. The monoisotopic (exact) mass is 265 g/mol. The summed E-state index contributed by atoms with van der Waals surface area (Å²) in [6.07, 6.45) is 0.815. The summed E-state index contributed by atoms with van der Waals surface area (Å²) in [5, 5.41) is 0.837. The summed E-state index contributed by atoms with van der Waals surface area (Å²) in [5.74, 6) is -0.953. The average Bonchev–Trinajstić information content (AvgIpc) is 2.13. The van der Waals surface area contributed by atoms with Gasteiger partial charge in [0.2, 0.25) is 0 Å². The van der Waals surface area contributed by atoms with Crippen molar-refractivity contribution in [1.82, 2.24) is 5.06 Å². The maximum Gasteiger partial charge on any atom is 0.345 e. The lowest BCUT2D eigenvalue weighted by molar-refractivity contribution is -0.191. The number of rotatable bonds is 4. The van der Waals surface area contributed by atoms with Gasteiger partial charge >= 0.3 is 5.97 Å². The Morgan fingerprint density at radius 2 is 2.14 bits per heavy atom. The molecule has 0 spiro atoms. The molecule has 1 amide bonds. The SMILES string of the molecule is CC(Br)C(=O)ON(C)C(=O)CCC=O. The molecule has 0 radical (unpaired) electrons. The molecule has 80 valence electrons. The van der Waals surface area contributed by atoms with Gasteiger partial charge in [0.15, 0.2) is 0 Å². The Morgan fingerprint density at radius 3 is 2.57 bits per heavy atom. The highest BCUT2D eigenvalue weighted by atomic mass is 79.9. The molecule has 1 atom stereocenters. The molecule has 0 bridgehead atoms. The highest BCUT2D eigenvalue weighted by Crippen LogP contribution is 2.03. The van der Waals surface area contributed by atoms with Gasteiger partial charge in [0.1, 0.15) is 11.1 Å². The summed E-state index contributed by atoms with van der Waals surface area (Å²) in [6.45, 7) is 1.59. The van der Waals surface area contributed by atoms with Gasteiger partial charge in [0.05, 0.1) is 0 Å². The number of carbonyl (C=O) groups excluding carboxylic acids is 3. The minimum Gasteiger partial charge on any atom is -0.337 e. The van der Waals surface area contributed by atoms with E-state index in [1.807, 2.05) is 0 Å². The summed E-state index contributed by atoms with van der Waals surface area (Å²) >= 11 is 3.00. The van der Waals surface area contributed by atoms with Gasteiger partial charge in [-0.3, -0.25) is 4.79 Å². The molecule has 0 aromatic rings. The first-order chi connectivity index (χ1) is 6.49. The van der Waals surface area contributed by atoms with Crippen LogP contribution in [0.2, 0.25) is 0 Å². The van der Waals surface area contributed by atoms with E-state index in [2.05, 4.69) is 20.8 Å². The van der Waals surface area contributed by atoms with E-state index >= 15 is 0 Å². The highest BCUT2D eigenvalue weighted by molar-refractivity contribution is 9.10. The van der Waals surface area contributed by atoms with Crippen molar-refractivity contribution in [3.63, 3.8) is 0 Å². The van der Waals surface area contributed by atoms with Crippen molar-refractivity contribution in [3.8, 4) is 0 Å². The molecule has 0 aliphatic heterocycles. The Labute approximate surface area is 90.5 Å². The predicted molar refractivity (Wildman–Crippen MR) is 52.5 cm³/mol. The van der Waals surface area contributed by atoms with Crippen LogP contribution in [-0.2, 0) is 19.2 Å². The van der Waals surface area contributed by atoms with Gasteiger partial charge in [0.25, 0.3) is 5.91 Å². The lowest BCUT2D eigenvalue weighted by atomic mass is 10.3.